The summed E-state index contributed by atoms with van der Waals surface area (Å²) in [6.07, 6.45) is -2.53. The molecule has 2 aromatic carbocycles. The molecule has 2 unspecified atom stereocenters. The van der Waals surface area contributed by atoms with Gasteiger partial charge in [-0.05, 0) is 42.4 Å². The number of aryl methyl sites for hydroxylation is 1. The van der Waals surface area contributed by atoms with Crippen LogP contribution in [0.5, 0.6) is 11.5 Å². The highest BCUT2D eigenvalue weighted by molar-refractivity contribution is 7.99. The molecule has 0 heterocycles. The third-order valence-electron chi connectivity index (χ3n) is 3.99. The summed E-state index contributed by atoms with van der Waals surface area (Å²) in [5.41, 5.74) is -1.43. The molecule has 0 saturated carbocycles. The van der Waals surface area contributed by atoms with Crippen molar-refractivity contribution in [2.75, 3.05) is 6.26 Å². The van der Waals surface area contributed by atoms with Crippen molar-refractivity contribution in [3.8, 4) is 11.5 Å². The Bertz CT molecular complexity index is 974. The van der Waals surface area contributed by atoms with E-state index < -0.39 is 35.8 Å². The molecule has 0 aliphatic heterocycles. The Kier molecular flexibility index (Phi) is 8.10. The van der Waals surface area contributed by atoms with Gasteiger partial charge in [0, 0.05) is 17.7 Å². The second-order valence-corrected chi connectivity index (χ2v) is 8.72. The quantitative estimate of drug-likeness (QED) is 0.180. The van der Waals surface area contributed by atoms with E-state index in [1.54, 1.807) is 20.1 Å². The van der Waals surface area contributed by atoms with Crippen LogP contribution in [0, 0.1) is 10.1 Å². The highest BCUT2D eigenvalue weighted by Gasteiger charge is 2.37. The smallest absolute Gasteiger partial charge is 0.455 e. The zero-order chi connectivity index (χ0) is 22.6. The summed E-state index contributed by atoms with van der Waals surface area (Å²) in [6.45, 7) is 3.36. The molecule has 0 spiro atoms. The highest BCUT2D eigenvalue weighted by atomic mass is 35.5. The minimum atomic E-state index is -4.57. The molecule has 0 radical (unpaired) electrons. The molecule has 0 aliphatic carbocycles. The SMILES string of the molecule is CCc1cc([N+](=O)[O-])c([P+](=O)OC(C)SC)cc1Oc1ccc(C(F)(F)F)cc1Cl. The van der Waals surface area contributed by atoms with Crippen LogP contribution < -0.4 is 10.0 Å². The third-order valence-corrected chi connectivity index (χ3v) is 6.44. The number of rotatable bonds is 8. The molecule has 12 heteroatoms. The van der Waals surface area contributed by atoms with Crippen LogP contribution in [0.15, 0.2) is 30.3 Å². The average Bonchev–Trinajstić information content (AvgIpc) is 2.67. The molecule has 6 nitrogen and oxygen atoms in total. The lowest BCUT2D eigenvalue weighted by molar-refractivity contribution is -0.383. The minimum Gasteiger partial charge on any atom is -0.455 e. The largest absolute Gasteiger partial charge is 0.557 e. The van der Waals surface area contributed by atoms with Gasteiger partial charge in [-0.3, -0.25) is 10.1 Å². The molecular weight excluding hydrogens is 466 g/mol. The molecule has 0 bridgehead atoms. The van der Waals surface area contributed by atoms with Crippen LogP contribution >= 0.6 is 31.4 Å². The summed E-state index contributed by atoms with van der Waals surface area (Å²) < 4.78 is 62.0. The summed E-state index contributed by atoms with van der Waals surface area (Å²) >= 11 is 7.20. The lowest BCUT2D eigenvalue weighted by Crippen LogP contribution is -2.11. The Labute approximate surface area is 180 Å². The molecule has 0 fully saturated rings. The normalized spacial score (nSPS) is 13.1. The van der Waals surface area contributed by atoms with Crippen molar-refractivity contribution in [1.29, 1.82) is 0 Å². The van der Waals surface area contributed by atoms with Gasteiger partial charge < -0.3 is 4.74 Å². The highest BCUT2D eigenvalue weighted by Crippen LogP contribution is 2.39. The van der Waals surface area contributed by atoms with Crippen molar-refractivity contribution in [3.05, 3.63) is 56.6 Å². The van der Waals surface area contributed by atoms with E-state index in [4.69, 9.17) is 20.9 Å². The fraction of sp³-hybridized carbons (Fsp3) is 0.333. The Hall–Kier alpha value is -1.87. The first kappa shape index (κ1) is 24.4. The van der Waals surface area contributed by atoms with Gasteiger partial charge in [-0.2, -0.15) is 13.2 Å². The number of nitro benzene ring substituents is 1. The van der Waals surface area contributed by atoms with Gasteiger partial charge in [-0.25, -0.2) is 0 Å². The monoisotopic (exact) mass is 482 g/mol. The molecule has 0 N–H and O–H groups in total. The predicted octanol–water partition coefficient (Wildman–Crippen LogP) is 6.72. The van der Waals surface area contributed by atoms with E-state index in [2.05, 4.69) is 0 Å². The molecule has 0 saturated heterocycles. The number of hydrogen-bond donors (Lipinski definition) is 0. The van der Waals surface area contributed by atoms with Crippen molar-refractivity contribution < 1.29 is 31.9 Å². The molecule has 2 atom stereocenters. The van der Waals surface area contributed by atoms with E-state index in [-0.39, 0.29) is 21.8 Å². The van der Waals surface area contributed by atoms with Gasteiger partial charge in [0.25, 0.3) is 0 Å². The lowest BCUT2D eigenvalue weighted by atomic mass is 10.1. The Morgan fingerprint density at radius 2 is 1.93 bits per heavy atom. The number of nitrogens with zero attached hydrogens (tertiary/aromatic N) is 1. The van der Waals surface area contributed by atoms with Crippen LogP contribution in [0.2, 0.25) is 5.02 Å². The summed E-state index contributed by atoms with van der Waals surface area (Å²) in [6, 6.07) is 5.00. The second kappa shape index (κ2) is 9.96. The van der Waals surface area contributed by atoms with Crippen molar-refractivity contribution >= 4 is 42.4 Å². The Morgan fingerprint density at radius 3 is 2.43 bits per heavy atom. The Balaban J connectivity index is 2.50. The topological polar surface area (TPSA) is 78.7 Å². The standard InChI is InChI=1S/C18H17ClF3NO5PS/c1-4-11-7-14(23(24)25)17(29(26)28-10(2)30-3)9-16(11)27-15-6-5-12(8-13(15)19)18(20,21)22/h5-10H,4H2,1-3H3/q+1. The van der Waals surface area contributed by atoms with Gasteiger partial charge in [0.1, 0.15) is 11.5 Å². The molecule has 2 aromatic rings. The Morgan fingerprint density at radius 1 is 1.27 bits per heavy atom. The number of thioether (sulfide) groups is 1. The first-order chi connectivity index (χ1) is 14.0. The number of alkyl halides is 3. The number of ether oxygens (including phenoxy) is 1. The van der Waals surface area contributed by atoms with E-state index >= 15 is 0 Å². The van der Waals surface area contributed by atoms with Gasteiger partial charge in [-0.1, -0.05) is 18.5 Å². The van der Waals surface area contributed by atoms with E-state index in [1.165, 1.54) is 23.9 Å². The number of benzene rings is 2. The van der Waals surface area contributed by atoms with Crippen molar-refractivity contribution in [1.82, 2.24) is 0 Å². The fourth-order valence-electron chi connectivity index (χ4n) is 2.38. The van der Waals surface area contributed by atoms with E-state index in [9.17, 15) is 27.9 Å². The summed E-state index contributed by atoms with van der Waals surface area (Å²) in [4.78, 5) is 10.8. The molecule has 162 valence electrons. The van der Waals surface area contributed by atoms with Crippen molar-refractivity contribution in [2.45, 2.75) is 31.9 Å². The van der Waals surface area contributed by atoms with Gasteiger partial charge in [-0.15, -0.1) is 16.3 Å². The summed E-state index contributed by atoms with van der Waals surface area (Å²) in [7, 11) is -2.58. The van der Waals surface area contributed by atoms with E-state index in [0.717, 1.165) is 18.2 Å². The molecule has 30 heavy (non-hydrogen) atoms. The van der Waals surface area contributed by atoms with Gasteiger partial charge in [0.15, 0.2) is 5.44 Å². The fourth-order valence-corrected chi connectivity index (χ4v) is 4.11. The maximum absolute atomic E-state index is 12.8. The van der Waals surface area contributed by atoms with E-state index in [0.29, 0.717) is 12.0 Å². The number of hydrogen-bond acceptors (Lipinski definition) is 6. The molecule has 0 amide bonds. The summed E-state index contributed by atoms with van der Waals surface area (Å²) in [5, 5.41) is 11.0. The van der Waals surface area contributed by atoms with E-state index in [1.807, 2.05) is 0 Å². The second-order valence-electron chi connectivity index (χ2n) is 5.97. The van der Waals surface area contributed by atoms with Gasteiger partial charge in [0.05, 0.1) is 15.5 Å². The van der Waals surface area contributed by atoms with Gasteiger partial charge >= 0.3 is 25.2 Å². The lowest BCUT2D eigenvalue weighted by Gasteiger charge is -2.13. The van der Waals surface area contributed by atoms with Crippen LogP contribution in [-0.2, 0) is 21.7 Å². The maximum atomic E-state index is 12.8. The van der Waals surface area contributed by atoms with Crippen LogP contribution in [0.1, 0.15) is 25.0 Å². The maximum Gasteiger partial charge on any atom is 0.557 e. The minimum absolute atomic E-state index is 0.0761. The van der Waals surface area contributed by atoms with Crippen LogP contribution in [0.4, 0.5) is 18.9 Å². The molecular formula is C18H17ClF3NO5PS+. The summed E-state index contributed by atoms with van der Waals surface area (Å²) in [5.74, 6) is 0.0105. The van der Waals surface area contributed by atoms with Crippen LogP contribution in [0.25, 0.3) is 0 Å². The predicted molar refractivity (Wildman–Crippen MR) is 110 cm³/mol. The zero-order valence-electron chi connectivity index (χ0n) is 16.0. The van der Waals surface area contributed by atoms with Gasteiger partial charge in [0.2, 0.25) is 0 Å². The molecule has 0 aliphatic rings. The van der Waals surface area contributed by atoms with Crippen LogP contribution in [-0.4, -0.2) is 16.6 Å². The van der Waals surface area contributed by atoms with Crippen molar-refractivity contribution in [2.24, 2.45) is 0 Å². The first-order valence-electron chi connectivity index (χ1n) is 8.50. The van der Waals surface area contributed by atoms with Crippen molar-refractivity contribution in [3.63, 3.8) is 0 Å². The molecule has 0 aromatic heterocycles. The third kappa shape index (κ3) is 5.85. The van der Waals surface area contributed by atoms with Crippen LogP contribution in [0.3, 0.4) is 0 Å². The average molecular weight is 483 g/mol. The first-order valence-corrected chi connectivity index (χ1v) is 11.3. The number of halogens is 4. The number of nitro groups is 1. The zero-order valence-corrected chi connectivity index (χ0v) is 18.5. The molecule has 2 rings (SSSR count).